The molecule has 2 amide bonds. The van der Waals surface area contributed by atoms with Crippen LogP contribution in [0.3, 0.4) is 0 Å². The van der Waals surface area contributed by atoms with E-state index in [2.05, 4.69) is 10.4 Å². The van der Waals surface area contributed by atoms with Crippen LogP contribution in [0, 0.1) is 12.8 Å². The molecule has 0 atom stereocenters. The molecule has 1 N–H and O–H groups in total. The Labute approximate surface area is 164 Å². The Morgan fingerprint density at radius 2 is 1.79 bits per heavy atom. The smallest absolute Gasteiger partial charge is 0.278 e. The number of carbonyl (C=O) groups is 2. The van der Waals surface area contributed by atoms with Crippen LogP contribution in [0.4, 0.5) is 0 Å². The van der Waals surface area contributed by atoms with E-state index in [1.54, 1.807) is 16.5 Å². The molecule has 0 saturated carbocycles. The lowest BCUT2D eigenvalue weighted by Crippen LogP contribution is -2.45. The van der Waals surface area contributed by atoms with E-state index < -0.39 is 0 Å². The Hall–Kier alpha value is -2.96. The molecule has 2 heterocycles. The zero-order valence-electron chi connectivity index (χ0n) is 16.5. The Morgan fingerprint density at radius 3 is 2.39 bits per heavy atom. The topological polar surface area (TPSA) is 84.3 Å². The lowest BCUT2D eigenvalue weighted by molar-refractivity contribution is -0.126. The van der Waals surface area contributed by atoms with E-state index in [0.29, 0.717) is 31.6 Å². The fourth-order valence-electron chi connectivity index (χ4n) is 3.42. The molecule has 0 bridgehead atoms. The Morgan fingerprint density at radius 1 is 1.14 bits per heavy atom. The number of hydrogen-bond donors (Lipinski definition) is 1. The maximum absolute atomic E-state index is 12.9. The Balaban J connectivity index is 1.77. The summed E-state index contributed by atoms with van der Waals surface area (Å²) in [6.07, 6.45) is 1.17. The summed E-state index contributed by atoms with van der Waals surface area (Å²) < 4.78 is 1.61. The quantitative estimate of drug-likeness (QED) is 0.876. The maximum Gasteiger partial charge on any atom is 0.278 e. The molecular weight excluding hydrogens is 356 g/mol. The van der Waals surface area contributed by atoms with Crippen LogP contribution >= 0.6 is 0 Å². The van der Waals surface area contributed by atoms with E-state index in [9.17, 15) is 14.4 Å². The molecule has 1 aromatic carbocycles. The van der Waals surface area contributed by atoms with Crippen molar-refractivity contribution in [1.82, 2.24) is 20.0 Å². The molecule has 1 fully saturated rings. The van der Waals surface area contributed by atoms with Crippen molar-refractivity contribution in [2.24, 2.45) is 5.92 Å². The third-order valence-corrected chi connectivity index (χ3v) is 4.89. The first-order chi connectivity index (χ1) is 13.4. The Kier molecular flexibility index (Phi) is 5.92. The lowest BCUT2D eigenvalue weighted by Gasteiger charge is -2.31. The zero-order chi connectivity index (χ0) is 20.3. The number of benzene rings is 1. The number of carbonyl (C=O) groups excluding carboxylic acids is 2. The van der Waals surface area contributed by atoms with Gasteiger partial charge in [0.25, 0.3) is 5.91 Å². The highest BCUT2D eigenvalue weighted by Gasteiger charge is 2.29. The Bertz CT molecular complexity index is 913. The van der Waals surface area contributed by atoms with E-state index in [1.807, 2.05) is 44.2 Å². The molecule has 3 rings (SSSR count). The number of aromatic nitrogens is 2. The number of likely N-dealkylation sites (tertiary alicyclic amines) is 1. The number of para-hydroxylation sites is 1. The summed E-state index contributed by atoms with van der Waals surface area (Å²) in [4.78, 5) is 39.1. The first-order valence-corrected chi connectivity index (χ1v) is 9.63. The number of piperidine rings is 1. The molecule has 2 aromatic rings. The van der Waals surface area contributed by atoms with Gasteiger partial charge in [0.05, 0.1) is 5.69 Å². The molecule has 1 aliphatic rings. The van der Waals surface area contributed by atoms with Gasteiger partial charge in [-0.3, -0.25) is 14.4 Å². The molecule has 1 saturated heterocycles. The minimum absolute atomic E-state index is 0.0296. The van der Waals surface area contributed by atoms with Crippen LogP contribution in [0.25, 0.3) is 5.69 Å². The fraction of sp³-hybridized carbons (Fsp3) is 0.429. The summed E-state index contributed by atoms with van der Waals surface area (Å²) in [5.74, 6) is -0.446. The molecule has 0 spiro atoms. The van der Waals surface area contributed by atoms with Gasteiger partial charge in [-0.1, -0.05) is 18.2 Å². The van der Waals surface area contributed by atoms with E-state index in [4.69, 9.17) is 0 Å². The van der Waals surface area contributed by atoms with Crippen LogP contribution in [0.5, 0.6) is 0 Å². The molecule has 1 aromatic heterocycles. The second-order valence-electron chi connectivity index (χ2n) is 7.48. The van der Waals surface area contributed by atoms with E-state index in [0.717, 1.165) is 5.69 Å². The van der Waals surface area contributed by atoms with Gasteiger partial charge < -0.3 is 10.2 Å². The molecule has 0 radical (unpaired) electrons. The highest BCUT2D eigenvalue weighted by Crippen LogP contribution is 2.19. The van der Waals surface area contributed by atoms with Gasteiger partial charge in [-0.25, -0.2) is 4.68 Å². The van der Waals surface area contributed by atoms with Gasteiger partial charge in [-0.15, -0.1) is 0 Å². The van der Waals surface area contributed by atoms with Crippen molar-refractivity contribution in [2.75, 3.05) is 13.1 Å². The van der Waals surface area contributed by atoms with Crippen molar-refractivity contribution in [3.8, 4) is 5.69 Å². The van der Waals surface area contributed by atoms with Crippen molar-refractivity contribution >= 4 is 11.8 Å². The highest BCUT2D eigenvalue weighted by atomic mass is 16.2. The average Bonchev–Trinajstić information content (AvgIpc) is 2.68. The first-order valence-electron chi connectivity index (χ1n) is 9.63. The fourth-order valence-corrected chi connectivity index (χ4v) is 3.42. The first kappa shape index (κ1) is 19.8. The van der Waals surface area contributed by atoms with Crippen molar-refractivity contribution in [2.45, 2.75) is 39.7 Å². The maximum atomic E-state index is 12.9. The SMILES string of the molecule is Cc1cc(=O)c(C(=O)N2CCC(C(=O)NC(C)C)CC2)nn1-c1ccccc1. The summed E-state index contributed by atoms with van der Waals surface area (Å²) in [5.41, 5.74) is 0.990. The standard InChI is InChI=1S/C21H26N4O3/c1-14(2)22-20(27)16-9-11-24(12-10-16)21(28)19-18(26)13-15(3)25(23-19)17-7-5-4-6-8-17/h4-8,13-14,16H,9-12H2,1-3H3,(H,22,27). The summed E-state index contributed by atoms with van der Waals surface area (Å²) in [5, 5.41) is 7.27. The summed E-state index contributed by atoms with van der Waals surface area (Å²) in [6.45, 7) is 6.52. The molecule has 28 heavy (non-hydrogen) atoms. The van der Waals surface area contributed by atoms with E-state index in [-0.39, 0.29) is 34.9 Å². The molecule has 7 nitrogen and oxygen atoms in total. The van der Waals surface area contributed by atoms with Crippen LogP contribution in [0.1, 0.15) is 42.9 Å². The van der Waals surface area contributed by atoms with Gasteiger partial charge in [0.2, 0.25) is 11.3 Å². The zero-order valence-corrected chi connectivity index (χ0v) is 16.5. The number of amides is 2. The van der Waals surface area contributed by atoms with Gasteiger partial charge in [0.1, 0.15) is 0 Å². The van der Waals surface area contributed by atoms with Gasteiger partial charge in [-0.2, -0.15) is 5.10 Å². The van der Waals surface area contributed by atoms with Crippen molar-refractivity contribution in [3.63, 3.8) is 0 Å². The van der Waals surface area contributed by atoms with Crippen LogP contribution < -0.4 is 10.7 Å². The molecular formula is C21H26N4O3. The largest absolute Gasteiger partial charge is 0.354 e. The lowest BCUT2D eigenvalue weighted by atomic mass is 9.95. The summed E-state index contributed by atoms with van der Waals surface area (Å²) in [6, 6.07) is 10.9. The van der Waals surface area contributed by atoms with Gasteiger partial charge in [-0.05, 0) is 45.7 Å². The third-order valence-electron chi connectivity index (χ3n) is 4.89. The average molecular weight is 382 g/mol. The van der Waals surface area contributed by atoms with E-state index in [1.165, 1.54) is 6.07 Å². The number of aryl methyl sites for hydroxylation is 1. The minimum atomic E-state index is -0.380. The number of rotatable bonds is 4. The summed E-state index contributed by atoms with van der Waals surface area (Å²) >= 11 is 0. The predicted molar refractivity (Wildman–Crippen MR) is 106 cm³/mol. The van der Waals surface area contributed by atoms with Crippen LogP contribution in [0.2, 0.25) is 0 Å². The second kappa shape index (κ2) is 8.37. The van der Waals surface area contributed by atoms with Crippen LogP contribution in [0.15, 0.2) is 41.2 Å². The monoisotopic (exact) mass is 382 g/mol. The highest BCUT2D eigenvalue weighted by molar-refractivity contribution is 5.92. The second-order valence-corrected chi connectivity index (χ2v) is 7.48. The molecule has 0 aliphatic carbocycles. The van der Waals surface area contributed by atoms with Crippen molar-refractivity contribution in [3.05, 3.63) is 58.0 Å². The molecule has 0 unspecified atom stereocenters. The molecule has 148 valence electrons. The minimum Gasteiger partial charge on any atom is -0.354 e. The molecule has 1 aliphatic heterocycles. The number of nitrogens with one attached hydrogen (secondary N) is 1. The summed E-state index contributed by atoms with van der Waals surface area (Å²) in [7, 11) is 0. The van der Waals surface area contributed by atoms with Gasteiger partial charge in [0.15, 0.2) is 5.69 Å². The third kappa shape index (κ3) is 4.30. The normalized spacial score (nSPS) is 14.9. The molecule has 7 heteroatoms. The van der Waals surface area contributed by atoms with E-state index >= 15 is 0 Å². The van der Waals surface area contributed by atoms with Crippen molar-refractivity contribution < 1.29 is 9.59 Å². The van der Waals surface area contributed by atoms with Gasteiger partial charge in [0, 0.05) is 36.8 Å². The van der Waals surface area contributed by atoms with Gasteiger partial charge >= 0.3 is 0 Å². The number of nitrogens with zero attached hydrogens (tertiary/aromatic N) is 3. The van der Waals surface area contributed by atoms with Crippen molar-refractivity contribution in [1.29, 1.82) is 0 Å². The predicted octanol–water partition coefficient (Wildman–Crippen LogP) is 1.92. The van der Waals surface area contributed by atoms with Crippen LogP contribution in [-0.4, -0.2) is 45.6 Å². The number of hydrogen-bond acceptors (Lipinski definition) is 4. The van der Waals surface area contributed by atoms with Crippen LogP contribution in [-0.2, 0) is 4.79 Å².